The van der Waals surface area contributed by atoms with Gasteiger partial charge in [-0.15, -0.1) is 0 Å². The largest absolute Gasteiger partial charge is 0.456 e. The molecule has 0 aliphatic heterocycles. The van der Waals surface area contributed by atoms with Crippen LogP contribution in [-0.4, -0.2) is 4.92 Å². The molecule has 0 amide bonds. The highest BCUT2D eigenvalue weighted by molar-refractivity contribution is 5.49. The number of benzene rings is 2. The third-order valence-corrected chi connectivity index (χ3v) is 2.65. The molecule has 0 N–H and O–H groups in total. The maximum absolute atomic E-state index is 13.0. The first kappa shape index (κ1) is 13.5. The van der Waals surface area contributed by atoms with E-state index in [2.05, 4.69) is 0 Å². The molecule has 2 rings (SSSR count). The lowest BCUT2D eigenvalue weighted by molar-refractivity contribution is -0.384. The third kappa shape index (κ3) is 2.72. The molecule has 0 aromatic heterocycles. The Morgan fingerprint density at radius 3 is 2.55 bits per heavy atom. The predicted molar refractivity (Wildman–Crippen MR) is 69.0 cm³/mol. The molecule has 0 aliphatic rings. The summed E-state index contributed by atoms with van der Waals surface area (Å²) in [6.07, 6.45) is 0. The van der Waals surface area contributed by atoms with Crippen molar-refractivity contribution in [2.75, 3.05) is 0 Å². The van der Waals surface area contributed by atoms with E-state index in [1.807, 2.05) is 6.07 Å². The molecule has 2 aromatic carbocycles. The minimum absolute atomic E-state index is 0.0468. The summed E-state index contributed by atoms with van der Waals surface area (Å²) in [5.74, 6) is 0.0406. The van der Waals surface area contributed by atoms with Gasteiger partial charge < -0.3 is 4.74 Å². The fraction of sp³-hybridized carbons (Fsp3) is 0.0714. The van der Waals surface area contributed by atoms with Crippen LogP contribution in [0.2, 0.25) is 0 Å². The fourth-order valence-electron chi connectivity index (χ4n) is 1.66. The summed E-state index contributed by atoms with van der Waals surface area (Å²) in [5, 5.41) is 19.6. The van der Waals surface area contributed by atoms with Crippen molar-refractivity contribution in [1.29, 1.82) is 5.26 Å². The van der Waals surface area contributed by atoms with Crippen LogP contribution in [0.4, 0.5) is 10.1 Å². The van der Waals surface area contributed by atoms with E-state index in [9.17, 15) is 14.5 Å². The van der Waals surface area contributed by atoms with Crippen molar-refractivity contribution in [3.8, 4) is 17.6 Å². The van der Waals surface area contributed by atoms with Gasteiger partial charge in [-0.25, -0.2) is 4.39 Å². The van der Waals surface area contributed by atoms with Gasteiger partial charge >= 0.3 is 0 Å². The minimum Gasteiger partial charge on any atom is -0.456 e. The van der Waals surface area contributed by atoms with E-state index < -0.39 is 10.7 Å². The molecule has 0 unspecified atom stereocenters. The second-order valence-corrected chi connectivity index (χ2v) is 4.06. The van der Waals surface area contributed by atoms with Gasteiger partial charge in [0.15, 0.2) is 0 Å². The number of non-ortho nitro benzene ring substituents is 1. The molecule has 5 nitrogen and oxygen atoms in total. The Labute approximate surface area is 114 Å². The Kier molecular flexibility index (Phi) is 3.62. The van der Waals surface area contributed by atoms with Gasteiger partial charge in [0.1, 0.15) is 23.4 Å². The van der Waals surface area contributed by atoms with E-state index in [1.54, 1.807) is 6.92 Å². The summed E-state index contributed by atoms with van der Waals surface area (Å²) in [6.45, 7) is 1.65. The van der Waals surface area contributed by atoms with E-state index in [4.69, 9.17) is 10.00 Å². The highest BCUT2D eigenvalue weighted by Crippen LogP contribution is 2.30. The van der Waals surface area contributed by atoms with E-state index >= 15 is 0 Å². The number of hydrogen-bond donors (Lipinski definition) is 0. The van der Waals surface area contributed by atoms with Crippen molar-refractivity contribution in [1.82, 2.24) is 0 Å². The van der Waals surface area contributed by atoms with Crippen LogP contribution in [0.5, 0.6) is 11.5 Å². The Morgan fingerprint density at radius 1 is 1.25 bits per heavy atom. The average Bonchev–Trinajstić information content (AvgIpc) is 2.42. The van der Waals surface area contributed by atoms with Crippen LogP contribution in [0.3, 0.4) is 0 Å². The van der Waals surface area contributed by atoms with Crippen LogP contribution < -0.4 is 4.74 Å². The number of nitriles is 1. The minimum atomic E-state index is -0.533. The first-order chi connectivity index (χ1) is 9.51. The zero-order valence-electron chi connectivity index (χ0n) is 10.5. The van der Waals surface area contributed by atoms with Gasteiger partial charge in [0.25, 0.3) is 5.69 Å². The van der Waals surface area contributed by atoms with Gasteiger partial charge in [-0.2, -0.15) is 5.26 Å². The summed E-state index contributed by atoms with van der Waals surface area (Å²) in [4.78, 5) is 10.1. The van der Waals surface area contributed by atoms with Crippen LogP contribution in [-0.2, 0) is 0 Å². The van der Waals surface area contributed by atoms with Crippen molar-refractivity contribution in [3.05, 3.63) is 63.5 Å². The maximum atomic E-state index is 13.0. The van der Waals surface area contributed by atoms with Crippen LogP contribution in [0.1, 0.15) is 11.1 Å². The second-order valence-electron chi connectivity index (χ2n) is 4.06. The van der Waals surface area contributed by atoms with Gasteiger partial charge in [0, 0.05) is 12.1 Å². The summed E-state index contributed by atoms with van der Waals surface area (Å²) in [5.41, 5.74) is 0.560. The molecule has 2 aromatic rings. The molecule has 0 atom stereocenters. The summed E-state index contributed by atoms with van der Waals surface area (Å²) in [7, 11) is 0. The van der Waals surface area contributed by atoms with E-state index in [0.29, 0.717) is 11.3 Å². The first-order valence-corrected chi connectivity index (χ1v) is 5.64. The lowest BCUT2D eigenvalue weighted by atomic mass is 10.2. The average molecular weight is 272 g/mol. The van der Waals surface area contributed by atoms with Crippen LogP contribution in [0.25, 0.3) is 0 Å². The van der Waals surface area contributed by atoms with E-state index in [0.717, 1.165) is 6.07 Å². The lowest BCUT2D eigenvalue weighted by Gasteiger charge is -2.09. The quantitative estimate of drug-likeness (QED) is 0.630. The molecule has 0 bridgehead atoms. The monoisotopic (exact) mass is 272 g/mol. The maximum Gasteiger partial charge on any atom is 0.269 e. The van der Waals surface area contributed by atoms with Crippen molar-refractivity contribution < 1.29 is 14.1 Å². The molecule has 0 saturated heterocycles. The summed E-state index contributed by atoms with van der Waals surface area (Å²) < 4.78 is 18.5. The fourth-order valence-corrected chi connectivity index (χ4v) is 1.66. The Balaban J connectivity index is 2.36. The molecule has 0 heterocycles. The molecule has 20 heavy (non-hydrogen) atoms. The van der Waals surface area contributed by atoms with Gasteiger partial charge in [-0.05, 0) is 36.8 Å². The first-order valence-electron chi connectivity index (χ1n) is 5.64. The number of aryl methyl sites for hydroxylation is 1. The highest BCUT2D eigenvalue weighted by Gasteiger charge is 2.11. The zero-order chi connectivity index (χ0) is 14.7. The normalized spacial score (nSPS) is 9.85. The molecule has 0 saturated carbocycles. The van der Waals surface area contributed by atoms with Crippen molar-refractivity contribution in [3.63, 3.8) is 0 Å². The Hall–Kier alpha value is -2.94. The molecule has 0 aliphatic carbocycles. The number of nitro benzene ring substituents is 1. The standard InChI is InChI=1S/C14H9FN2O3/c1-9-6-12(17(18)19)3-5-13(9)20-14-4-2-11(15)7-10(14)8-16/h2-7H,1H3. The van der Waals surface area contributed by atoms with Crippen molar-refractivity contribution >= 4 is 5.69 Å². The Bertz CT molecular complexity index is 723. The highest BCUT2D eigenvalue weighted by atomic mass is 19.1. The molecule has 100 valence electrons. The molecular weight excluding hydrogens is 263 g/mol. The molecule has 0 spiro atoms. The smallest absolute Gasteiger partial charge is 0.269 e. The van der Waals surface area contributed by atoms with Crippen molar-refractivity contribution in [2.45, 2.75) is 6.92 Å². The number of nitrogens with zero attached hydrogens (tertiary/aromatic N) is 2. The third-order valence-electron chi connectivity index (χ3n) is 2.65. The summed E-state index contributed by atoms with van der Waals surface area (Å²) >= 11 is 0. The van der Waals surface area contributed by atoms with Crippen molar-refractivity contribution in [2.24, 2.45) is 0 Å². The SMILES string of the molecule is Cc1cc([N+](=O)[O-])ccc1Oc1ccc(F)cc1C#N. The van der Waals surface area contributed by atoms with E-state index in [-0.39, 0.29) is 17.0 Å². The number of nitro groups is 1. The predicted octanol–water partition coefficient (Wildman–Crippen LogP) is 3.71. The van der Waals surface area contributed by atoms with Crippen LogP contribution in [0, 0.1) is 34.2 Å². The molecule has 0 radical (unpaired) electrons. The van der Waals surface area contributed by atoms with Gasteiger partial charge in [0.05, 0.1) is 10.5 Å². The second kappa shape index (κ2) is 5.36. The van der Waals surface area contributed by atoms with Crippen LogP contribution in [0.15, 0.2) is 36.4 Å². The Morgan fingerprint density at radius 2 is 1.95 bits per heavy atom. The topological polar surface area (TPSA) is 76.2 Å². The van der Waals surface area contributed by atoms with Gasteiger partial charge in [-0.3, -0.25) is 10.1 Å². The molecular formula is C14H9FN2O3. The van der Waals surface area contributed by atoms with Crippen LogP contribution >= 0.6 is 0 Å². The number of rotatable bonds is 3. The number of ether oxygens (including phenoxy) is 1. The molecule has 6 heteroatoms. The summed E-state index contributed by atoms with van der Waals surface area (Å²) in [6, 6.07) is 9.53. The number of halogens is 1. The lowest BCUT2D eigenvalue weighted by Crippen LogP contribution is -1.93. The van der Waals surface area contributed by atoms with Gasteiger partial charge in [0.2, 0.25) is 0 Å². The van der Waals surface area contributed by atoms with E-state index in [1.165, 1.54) is 30.3 Å². The van der Waals surface area contributed by atoms with Gasteiger partial charge in [-0.1, -0.05) is 0 Å². The zero-order valence-corrected chi connectivity index (χ0v) is 10.5. The number of hydrogen-bond acceptors (Lipinski definition) is 4. The molecule has 0 fully saturated rings.